The molecule has 0 saturated carbocycles. The molecule has 2 N–H and O–H groups in total. The molecule has 0 atom stereocenters. The number of hydrogen-bond donors (Lipinski definition) is 1. The van der Waals surface area contributed by atoms with E-state index in [1.165, 1.54) is 13.1 Å². The Bertz CT molecular complexity index is 858. The molecule has 0 unspecified atom stereocenters. The third-order valence-corrected chi connectivity index (χ3v) is 3.53. The van der Waals surface area contributed by atoms with E-state index in [-0.39, 0.29) is 5.78 Å². The van der Waals surface area contributed by atoms with Crippen LogP contribution in [0.2, 0.25) is 0 Å². The maximum absolute atomic E-state index is 11.7. The van der Waals surface area contributed by atoms with Gasteiger partial charge >= 0.3 is 0 Å². The highest BCUT2D eigenvalue weighted by Crippen LogP contribution is 2.27. The van der Waals surface area contributed by atoms with Gasteiger partial charge in [-0.15, -0.1) is 0 Å². The Labute approximate surface area is 127 Å². The molecule has 3 aromatic rings. The number of benzene rings is 1. The van der Waals surface area contributed by atoms with Crippen molar-refractivity contribution in [3.63, 3.8) is 0 Å². The number of pyridine rings is 2. The molecule has 5 heteroatoms. The summed E-state index contributed by atoms with van der Waals surface area (Å²) in [6, 6.07) is 11.3. The molecule has 0 fully saturated rings. The van der Waals surface area contributed by atoms with Crippen LogP contribution in [-0.2, 0) is 0 Å². The molecule has 2 heterocycles. The van der Waals surface area contributed by atoms with Crippen LogP contribution in [0.3, 0.4) is 0 Å². The van der Waals surface area contributed by atoms with Crippen LogP contribution in [0, 0.1) is 0 Å². The minimum atomic E-state index is -0.0588. The second-order valence-electron chi connectivity index (χ2n) is 4.93. The van der Waals surface area contributed by atoms with Crippen LogP contribution in [0.4, 0.5) is 5.82 Å². The van der Waals surface area contributed by atoms with Gasteiger partial charge in [0.2, 0.25) is 0 Å². The Kier molecular flexibility index (Phi) is 3.47. The number of carbonyl (C=O) groups is 1. The number of nitrogen functional groups attached to an aromatic ring is 1. The predicted molar refractivity (Wildman–Crippen MR) is 85.9 cm³/mol. The van der Waals surface area contributed by atoms with E-state index >= 15 is 0 Å². The number of aromatic nitrogens is 2. The molecule has 5 nitrogen and oxygen atoms in total. The Morgan fingerprint density at radius 1 is 1.14 bits per heavy atom. The third-order valence-electron chi connectivity index (χ3n) is 3.53. The van der Waals surface area contributed by atoms with Crippen molar-refractivity contribution in [3.05, 3.63) is 48.2 Å². The SMILES string of the molecule is COc1ccc(-c2ccc3c(C(C)=O)cnc(N)c3n2)cc1. The molecule has 22 heavy (non-hydrogen) atoms. The predicted octanol–water partition coefficient (Wildman–Crippen LogP) is 3.09. The van der Waals surface area contributed by atoms with Gasteiger partial charge in [0.1, 0.15) is 17.1 Å². The van der Waals surface area contributed by atoms with Gasteiger partial charge in [-0.1, -0.05) is 0 Å². The van der Waals surface area contributed by atoms with Gasteiger partial charge in [-0.05, 0) is 43.3 Å². The number of ketones is 1. The Balaban J connectivity index is 2.16. The van der Waals surface area contributed by atoms with E-state index in [9.17, 15) is 4.79 Å². The largest absolute Gasteiger partial charge is 0.497 e. The van der Waals surface area contributed by atoms with E-state index in [0.717, 1.165) is 22.4 Å². The lowest BCUT2D eigenvalue weighted by atomic mass is 10.1. The molecule has 0 aliphatic rings. The number of hydrogen-bond acceptors (Lipinski definition) is 5. The average molecular weight is 293 g/mol. The number of nitrogens with zero attached hydrogens (tertiary/aromatic N) is 2. The fourth-order valence-corrected chi connectivity index (χ4v) is 2.34. The lowest BCUT2D eigenvalue weighted by molar-refractivity contribution is 0.101. The first kappa shape index (κ1) is 14.0. The van der Waals surface area contributed by atoms with Crippen molar-refractivity contribution in [2.75, 3.05) is 12.8 Å². The van der Waals surface area contributed by atoms with E-state index in [4.69, 9.17) is 10.5 Å². The van der Waals surface area contributed by atoms with E-state index in [1.54, 1.807) is 7.11 Å². The highest BCUT2D eigenvalue weighted by molar-refractivity contribution is 6.08. The Morgan fingerprint density at radius 2 is 1.86 bits per heavy atom. The molecule has 0 aliphatic carbocycles. The number of carbonyl (C=O) groups excluding carboxylic acids is 1. The van der Waals surface area contributed by atoms with Gasteiger partial charge < -0.3 is 10.5 Å². The Hall–Kier alpha value is -2.95. The molecule has 0 radical (unpaired) electrons. The fourth-order valence-electron chi connectivity index (χ4n) is 2.34. The van der Waals surface area contributed by atoms with Gasteiger partial charge in [0.15, 0.2) is 5.78 Å². The maximum Gasteiger partial charge on any atom is 0.162 e. The van der Waals surface area contributed by atoms with Crippen molar-refractivity contribution in [1.29, 1.82) is 0 Å². The van der Waals surface area contributed by atoms with Gasteiger partial charge in [0, 0.05) is 22.7 Å². The van der Waals surface area contributed by atoms with Crippen LogP contribution in [0.25, 0.3) is 22.2 Å². The summed E-state index contributed by atoms with van der Waals surface area (Å²) in [6.45, 7) is 1.50. The third kappa shape index (κ3) is 2.37. The smallest absolute Gasteiger partial charge is 0.162 e. The fraction of sp³-hybridized carbons (Fsp3) is 0.118. The molecule has 0 amide bonds. The van der Waals surface area contributed by atoms with E-state index in [0.29, 0.717) is 16.9 Å². The van der Waals surface area contributed by atoms with Crippen LogP contribution in [0.15, 0.2) is 42.6 Å². The first-order chi connectivity index (χ1) is 10.6. The topological polar surface area (TPSA) is 78.1 Å². The summed E-state index contributed by atoms with van der Waals surface area (Å²) >= 11 is 0. The van der Waals surface area contributed by atoms with Crippen molar-refractivity contribution in [2.24, 2.45) is 0 Å². The number of methoxy groups -OCH3 is 1. The molecule has 1 aromatic carbocycles. The van der Waals surface area contributed by atoms with E-state index < -0.39 is 0 Å². The minimum absolute atomic E-state index is 0.0588. The van der Waals surface area contributed by atoms with Gasteiger partial charge in [-0.2, -0.15) is 0 Å². The second-order valence-corrected chi connectivity index (χ2v) is 4.93. The number of Topliss-reactive ketones (excluding diaryl/α,β-unsaturated/α-hetero) is 1. The first-order valence-electron chi connectivity index (χ1n) is 6.80. The zero-order valence-electron chi connectivity index (χ0n) is 12.3. The van der Waals surface area contributed by atoms with Gasteiger partial charge in [0.05, 0.1) is 12.8 Å². The summed E-state index contributed by atoms with van der Waals surface area (Å²) in [7, 11) is 1.62. The van der Waals surface area contributed by atoms with Crippen molar-refractivity contribution >= 4 is 22.5 Å². The maximum atomic E-state index is 11.7. The summed E-state index contributed by atoms with van der Waals surface area (Å²) < 4.78 is 5.15. The zero-order chi connectivity index (χ0) is 15.7. The van der Waals surface area contributed by atoms with Crippen LogP contribution in [0.1, 0.15) is 17.3 Å². The molecule has 0 spiro atoms. The number of ether oxygens (including phenoxy) is 1. The van der Waals surface area contributed by atoms with E-state index in [1.807, 2.05) is 36.4 Å². The lowest BCUT2D eigenvalue weighted by Crippen LogP contribution is -2.01. The second kappa shape index (κ2) is 5.44. The molecule has 0 saturated heterocycles. The highest BCUT2D eigenvalue weighted by atomic mass is 16.5. The van der Waals surface area contributed by atoms with Gasteiger partial charge in [-0.3, -0.25) is 4.79 Å². The summed E-state index contributed by atoms with van der Waals surface area (Å²) in [5.74, 6) is 1.04. The summed E-state index contributed by atoms with van der Waals surface area (Å²) in [6.07, 6.45) is 1.49. The zero-order valence-corrected chi connectivity index (χ0v) is 12.3. The van der Waals surface area contributed by atoms with E-state index in [2.05, 4.69) is 9.97 Å². The lowest BCUT2D eigenvalue weighted by Gasteiger charge is -2.08. The molecule has 2 aromatic heterocycles. The quantitative estimate of drug-likeness (QED) is 0.751. The van der Waals surface area contributed by atoms with Crippen molar-refractivity contribution in [2.45, 2.75) is 6.92 Å². The Morgan fingerprint density at radius 3 is 2.50 bits per heavy atom. The van der Waals surface area contributed by atoms with Crippen LogP contribution in [-0.4, -0.2) is 22.9 Å². The first-order valence-corrected chi connectivity index (χ1v) is 6.80. The summed E-state index contributed by atoms with van der Waals surface area (Å²) in [4.78, 5) is 20.3. The van der Waals surface area contributed by atoms with Gasteiger partial charge in [0.25, 0.3) is 0 Å². The molecule has 110 valence electrons. The van der Waals surface area contributed by atoms with Crippen molar-refractivity contribution in [3.8, 4) is 17.0 Å². The minimum Gasteiger partial charge on any atom is -0.497 e. The standard InChI is InChI=1S/C17H15N3O2/c1-10(21)14-9-19-17(18)16-13(14)7-8-15(20-16)11-3-5-12(22-2)6-4-11/h3-9H,1-2H3,(H2,18,19). The van der Waals surface area contributed by atoms with Crippen molar-refractivity contribution in [1.82, 2.24) is 9.97 Å². The molecule has 0 bridgehead atoms. The summed E-state index contributed by atoms with van der Waals surface area (Å²) in [5, 5.41) is 0.720. The molecule has 3 rings (SSSR count). The van der Waals surface area contributed by atoms with Crippen LogP contribution < -0.4 is 10.5 Å². The van der Waals surface area contributed by atoms with Crippen molar-refractivity contribution < 1.29 is 9.53 Å². The molecule has 0 aliphatic heterocycles. The van der Waals surface area contributed by atoms with Crippen LogP contribution in [0.5, 0.6) is 5.75 Å². The summed E-state index contributed by atoms with van der Waals surface area (Å²) in [5.41, 5.74) is 8.69. The number of anilines is 1. The average Bonchev–Trinajstić information content (AvgIpc) is 2.55. The number of nitrogens with two attached hydrogens (primary N) is 1. The van der Waals surface area contributed by atoms with Gasteiger partial charge in [-0.25, -0.2) is 9.97 Å². The monoisotopic (exact) mass is 293 g/mol. The molecular formula is C17H15N3O2. The number of fused-ring (bicyclic) bond motifs is 1. The number of rotatable bonds is 3. The molecular weight excluding hydrogens is 278 g/mol. The normalized spacial score (nSPS) is 10.6. The van der Waals surface area contributed by atoms with Crippen LogP contribution >= 0.6 is 0 Å². The highest BCUT2D eigenvalue weighted by Gasteiger charge is 2.11.